The van der Waals surface area contributed by atoms with Gasteiger partial charge in [-0.25, -0.2) is 8.78 Å². The molecule has 0 spiro atoms. The average Bonchev–Trinajstić information content (AvgIpc) is 2.33. The Kier molecular flexibility index (Phi) is 5.23. The predicted molar refractivity (Wildman–Crippen MR) is 70.1 cm³/mol. The number of nitrogens with two attached hydrogens (primary N) is 1. The lowest BCUT2D eigenvalue weighted by Crippen LogP contribution is -2.38. The Balaban J connectivity index is 2.77. The fourth-order valence-electron chi connectivity index (χ4n) is 1.86. The molecule has 4 heteroatoms. The summed E-state index contributed by atoms with van der Waals surface area (Å²) in [5.74, 6) is -1.54. The highest BCUT2D eigenvalue weighted by Crippen LogP contribution is 2.18. The molecule has 0 aliphatic heterocycles. The van der Waals surface area contributed by atoms with E-state index in [0.29, 0.717) is 18.7 Å². The van der Waals surface area contributed by atoms with Crippen LogP contribution in [0.1, 0.15) is 26.3 Å². The first-order valence-electron chi connectivity index (χ1n) is 6.25. The molecule has 1 rings (SSSR count). The van der Waals surface area contributed by atoms with Crippen LogP contribution in [0.5, 0.6) is 0 Å². The van der Waals surface area contributed by atoms with Crippen LogP contribution in [-0.2, 0) is 6.54 Å². The molecule has 0 saturated heterocycles. The summed E-state index contributed by atoms with van der Waals surface area (Å²) in [7, 11) is 0. The third-order valence-electron chi connectivity index (χ3n) is 3.08. The van der Waals surface area contributed by atoms with Crippen LogP contribution in [0.2, 0.25) is 0 Å². The normalized spacial score (nSPS) is 12.2. The monoisotopic (exact) mass is 256 g/mol. The molecule has 1 aromatic carbocycles. The summed E-state index contributed by atoms with van der Waals surface area (Å²) in [6, 6.07) is 4.30. The number of benzene rings is 1. The molecule has 1 aromatic rings. The van der Waals surface area contributed by atoms with Crippen LogP contribution in [0.4, 0.5) is 8.78 Å². The van der Waals surface area contributed by atoms with Gasteiger partial charge in [-0.1, -0.05) is 32.9 Å². The Morgan fingerprint density at radius 3 is 2.50 bits per heavy atom. The maximum absolute atomic E-state index is 13.6. The molecule has 0 atom stereocenters. The van der Waals surface area contributed by atoms with Gasteiger partial charge < -0.3 is 5.73 Å². The molecule has 0 aliphatic carbocycles. The van der Waals surface area contributed by atoms with Crippen LogP contribution in [0.15, 0.2) is 18.2 Å². The van der Waals surface area contributed by atoms with Gasteiger partial charge in [-0.2, -0.15) is 0 Å². The van der Waals surface area contributed by atoms with E-state index in [-0.39, 0.29) is 5.41 Å². The van der Waals surface area contributed by atoms with Crippen molar-refractivity contribution in [3.63, 3.8) is 0 Å². The highest BCUT2D eigenvalue weighted by atomic mass is 19.2. The first-order valence-corrected chi connectivity index (χ1v) is 6.25. The van der Waals surface area contributed by atoms with Crippen LogP contribution < -0.4 is 5.73 Å². The van der Waals surface area contributed by atoms with Crippen molar-refractivity contribution in [1.29, 1.82) is 0 Å². The predicted octanol–water partition coefficient (Wildman–Crippen LogP) is 2.77. The van der Waals surface area contributed by atoms with Crippen LogP contribution in [-0.4, -0.2) is 24.5 Å². The van der Waals surface area contributed by atoms with Gasteiger partial charge in [-0.3, -0.25) is 4.90 Å². The first kappa shape index (κ1) is 15.1. The Morgan fingerprint density at radius 1 is 1.28 bits per heavy atom. The summed E-state index contributed by atoms with van der Waals surface area (Å²) >= 11 is 0. The van der Waals surface area contributed by atoms with Crippen molar-refractivity contribution in [2.24, 2.45) is 11.1 Å². The summed E-state index contributed by atoms with van der Waals surface area (Å²) in [5.41, 5.74) is 6.06. The molecule has 0 heterocycles. The minimum absolute atomic E-state index is 0.0280. The van der Waals surface area contributed by atoms with E-state index in [1.807, 2.05) is 6.92 Å². The Bertz CT molecular complexity index is 391. The van der Waals surface area contributed by atoms with Crippen molar-refractivity contribution >= 4 is 0 Å². The molecule has 0 aliphatic rings. The van der Waals surface area contributed by atoms with Crippen molar-refractivity contribution in [1.82, 2.24) is 4.90 Å². The summed E-state index contributed by atoms with van der Waals surface area (Å²) in [6.07, 6.45) is 0. The van der Waals surface area contributed by atoms with Gasteiger partial charge in [0.25, 0.3) is 0 Å². The summed E-state index contributed by atoms with van der Waals surface area (Å²) in [5, 5.41) is 0. The van der Waals surface area contributed by atoms with Crippen LogP contribution in [0.3, 0.4) is 0 Å². The van der Waals surface area contributed by atoms with E-state index in [2.05, 4.69) is 18.7 Å². The molecule has 2 nitrogen and oxygen atoms in total. The number of rotatable bonds is 6. The minimum atomic E-state index is -0.790. The highest BCUT2D eigenvalue weighted by molar-refractivity contribution is 5.18. The maximum Gasteiger partial charge on any atom is 0.163 e. The highest BCUT2D eigenvalue weighted by Gasteiger charge is 2.20. The Hall–Kier alpha value is -1.00. The molecule has 0 radical (unpaired) electrons. The lowest BCUT2D eigenvalue weighted by molar-refractivity contribution is 0.181. The first-order chi connectivity index (χ1) is 8.39. The zero-order valence-corrected chi connectivity index (χ0v) is 11.3. The minimum Gasteiger partial charge on any atom is -0.330 e. The van der Waals surface area contributed by atoms with Gasteiger partial charge in [-0.05, 0) is 24.6 Å². The third-order valence-corrected chi connectivity index (χ3v) is 3.08. The fraction of sp³-hybridized carbons (Fsp3) is 0.571. The lowest BCUT2D eigenvalue weighted by Gasteiger charge is -2.31. The summed E-state index contributed by atoms with van der Waals surface area (Å²) < 4.78 is 26.7. The van der Waals surface area contributed by atoms with Gasteiger partial charge in [0.1, 0.15) is 0 Å². The smallest absolute Gasteiger partial charge is 0.163 e. The molecule has 0 unspecified atom stereocenters. The maximum atomic E-state index is 13.6. The zero-order valence-electron chi connectivity index (χ0n) is 11.3. The van der Waals surface area contributed by atoms with Gasteiger partial charge in [0.15, 0.2) is 11.6 Å². The Labute approximate surface area is 108 Å². The van der Waals surface area contributed by atoms with E-state index in [0.717, 1.165) is 19.2 Å². The summed E-state index contributed by atoms with van der Waals surface area (Å²) in [4.78, 5) is 2.07. The second-order valence-electron chi connectivity index (χ2n) is 5.38. The van der Waals surface area contributed by atoms with Crippen molar-refractivity contribution in [3.8, 4) is 0 Å². The van der Waals surface area contributed by atoms with E-state index in [1.165, 1.54) is 6.07 Å². The number of halogens is 2. The van der Waals surface area contributed by atoms with Gasteiger partial charge in [0, 0.05) is 18.7 Å². The number of nitrogens with zero attached hydrogens (tertiary/aromatic N) is 1. The third kappa shape index (κ3) is 4.03. The van der Waals surface area contributed by atoms with Crippen LogP contribution >= 0.6 is 0 Å². The zero-order chi connectivity index (χ0) is 13.8. The molecule has 18 heavy (non-hydrogen) atoms. The Morgan fingerprint density at radius 2 is 1.94 bits per heavy atom. The largest absolute Gasteiger partial charge is 0.330 e. The quantitative estimate of drug-likeness (QED) is 0.848. The summed E-state index contributed by atoms with van der Waals surface area (Å²) in [6.45, 7) is 8.65. The second kappa shape index (κ2) is 6.25. The fourth-order valence-corrected chi connectivity index (χ4v) is 1.86. The van der Waals surface area contributed by atoms with Gasteiger partial charge in [-0.15, -0.1) is 0 Å². The topological polar surface area (TPSA) is 29.3 Å². The molecule has 0 bridgehead atoms. The molecule has 0 saturated carbocycles. The van der Waals surface area contributed by atoms with Crippen molar-refractivity contribution in [3.05, 3.63) is 35.4 Å². The van der Waals surface area contributed by atoms with E-state index < -0.39 is 11.6 Å². The molecule has 102 valence electrons. The second-order valence-corrected chi connectivity index (χ2v) is 5.38. The van der Waals surface area contributed by atoms with Crippen molar-refractivity contribution < 1.29 is 8.78 Å². The van der Waals surface area contributed by atoms with E-state index >= 15 is 0 Å². The lowest BCUT2D eigenvalue weighted by atomic mass is 9.93. The molecular weight excluding hydrogens is 234 g/mol. The molecule has 0 amide bonds. The molecule has 0 fully saturated rings. The van der Waals surface area contributed by atoms with Crippen molar-refractivity contribution in [2.45, 2.75) is 27.3 Å². The van der Waals surface area contributed by atoms with E-state index in [4.69, 9.17) is 5.73 Å². The standard InChI is InChI=1S/C14H22F2N2/c1-4-18(10-14(2,3)9-17)8-11-6-5-7-12(15)13(11)16/h5-7H,4,8-10,17H2,1-3H3. The average molecular weight is 256 g/mol. The van der Waals surface area contributed by atoms with Gasteiger partial charge >= 0.3 is 0 Å². The van der Waals surface area contributed by atoms with E-state index in [9.17, 15) is 8.78 Å². The van der Waals surface area contributed by atoms with Crippen molar-refractivity contribution in [2.75, 3.05) is 19.6 Å². The number of hydrogen-bond acceptors (Lipinski definition) is 2. The van der Waals surface area contributed by atoms with Crippen LogP contribution in [0.25, 0.3) is 0 Å². The molecule has 2 N–H and O–H groups in total. The van der Waals surface area contributed by atoms with Gasteiger partial charge in [0.05, 0.1) is 0 Å². The van der Waals surface area contributed by atoms with Gasteiger partial charge in [0.2, 0.25) is 0 Å². The van der Waals surface area contributed by atoms with Crippen LogP contribution in [0, 0.1) is 17.0 Å². The molecule has 0 aromatic heterocycles. The number of hydrogen-bond donors (Lipinski definition) is 1. The molecular formula is C14H22F2N2. The van der Waals surface area contributed by atoms with E-state index in [1.54, 1.807) is 6.07 Å². The SMILES string of the molecule is CCN(Cc1cccc(F)c1F)CC(C)(C)CN.